The van der Waals surface area contributed by atoms with Crippen molar-refractivity contribution in [3.05, 3.63) is 87.6 Å². The van der Waals surface area contributed by atoms with Crippen LogP contribution in [-0.2, 0) is 30.5 Å². The van der Waals surface area contributed by atoms with Gasteiger partial charge < -0.3 is 50.8 Å². The number of aromatic nitrogens is 3. The molecule has 1 spiro atoms. The molecule has 6 aliphatic rings. The van der Waals surface area contributed by atoms with Crippen LogP contribution in [0.15, 0.2) is 54.2 Å². The van der Waals surface area contributed by atoms with Gasteiger partial charge in [0.2, 0.25) is 29.4 Å². The third-order valence-corrected chi connectivity index (χ3v) is 19.3. The summed E-state index contributed by atoms with van der Waals surface area (Å²) in [5.74, 6) is 0.205. The van der Waals surface area contributed by atoms with Gasteiger partial charge in [-0.3, -0.25) is 38.7 Å². The number of benzene rings is 2. The number of nitrogens with zero attached hydrogens (tertiary/aromatic N) is 9. The number of likely N-dealkylation sites (N-methyl/N-ethyl adjacent to an activating group) is 1. The van der Waals surface area contributed by atoms with Crippen LogP contribution in [0, 0.1) is 23.0 Å². The molecule has 1 saturated carbocycles. The molecule has 0 unspecified atom stereocenters. The maximum atomic E-state index is 15.7. The molecule has 0 bridgehead atoms. The van der Waals surface area contributed by atoms with E-state index in [1.807, 2.05) is 11.0 Å². The number of carbonyl (C=O) groups excluding carboxylic acids is 5. The first-order valence-electron chi connectivity index (χ1n) is 31.4. The molecule has 2 atom stereocenters. The third kappa shape index (κ3) is 17.0. The van der Waals surface area contributed by atoms with Gasteiger partial charge in [0.1, 0.15) is 65.3 Å². The Kier molecular flexibility index (Phi) is 21.7. The number of halogens is 2. The van der Waals surface area contributed by atoms with Gasteiger partial charge in [0.15, 0.2) is 0 Å². The Bertz CT molecular complexity index is 3000. The minimum Gasteiger partial charge on any atom is -0.492 e. The van der Waals surface area contributed by atoms with E-state index in [4.69, 9.17) is 14.5 Å². The quantitative estimate of drug-likeness (QED) is 0.0424. The Hall–Kier alpha value is -6.44. The van der Waals surface area contributed by atoms with Crippen LogP contribution < -0.4 is 41.1 Å². The summed E-state index contributed by atoms with van der Waals surface area (Å²) < 4.78 is 42.9. The molecule has 87 heavy (non-hydrogen) atoms. The molecule has 21 nitrogen and oxygen atoms in total. The Morgan fingerprint density at radius 1 is 0.805 bits per heavy atom. The van der Waals surface area contributed by atoms with Gasteiger partial charge in [0.25, 0.3) is 0 Å². The van der Waals surface area contributed by atoms with Crippen molar-refractivity contribution in [1.82, 2.24) is 55.8 Å². The summed E-state index contributed by atoms with van der Waals surface area (Å²) in [5, 5.41) is 17.9. The number of ether oxygens (including phenoxy) is 2. The molecule has 5 saturated heterocycles. The number of likely N-dealkylation sites (tertiary alicyclic amines) is 2. The summed E-state index contributed by atoms with van der Waals surface area (Å²) in [6.45, 7) is 15.6. The summed E-state index contributed by atoms with van der Waals surface area (Å²) in [4.78, 5) is 92.7. The molecule has 4 aromatic rings. The number of hydrogen-bond acceptors (Lipinski definition) is 18. The highest BCUT2D eigenvalue weighted by Gasteiger charge is 2.43. The first-order chi connectivity index (χ1) is 42.1. The van der Waals surface area contributed by atoms with Crippen molar-refractivity contribution in [3.8, 4) is 5.75 Å². The van der Waals surface area contributed by atoms with Gasteiger partial charge in [-0.1, -0.05) is 45.2 Å². The largest absolute Gasteiger partial charge is 0.492 e. The molecule has 24 heteroatoms. The fourth-order valence-electron chi connectivity index (χ4n) is 13.2. The van der Waals surface area contributed by atoms with Gasteiger partial charge in [-0.05, 0) is 101 Å². The number of nitrogens with one attached hydrogen (secondary N) is 5. The fourth-order valence-corrected chi connectivity index (χ4v) is 14.1. The second-order valence-electron chi connectivity index (χ2n) is 25.2. The number of ketones is 1. The van der Waals surface area contributed by atoms with Gasteiger partial charge in [0, 0.05) is 107 Å². The Morgan fingerprint density at radius 2 is 1.57 bits per heavy atom. The van der Waals surface area contributed by atoms with Crippen LogP contribution in [-0.4, -0.2) is 207 Å². The Balaban J connectivity index is 0.583. The molecular formula is C63H88F2N14O7S. The van der Waals surface area contributed by atoms with Crippen LogP contribution in [0.25, 0.3) is 0 Å². The molecule has 2 aromatic carbocycles. The predicted molar refractivity (Wildman–Crippen MR) is 330 cm³/mol. The second kappa shape index (κ2) is 29.7. The molecule has 5 N–H and O–H groups in total. The van der Waals surface area contributed by atoms with E-state index in [2.05, 4.69) is 70.0 Å². The monoisotopic (exact) mass is 1220 g/mol. The molecule has 2 aromatic heterocycles. The predicted octanol–water partition coefficient (Wildman–Crippen LogP) is 5.23. The standard InChI is InChI=1S/C63H88F2N14O7S/c1-62(2)14-21-76(22-15-62)38-46-34-49(65)52(35-48(46)64)78-39-56(81)73-63(42-78)16-23-77(24-17-63)54-36-53(69-43-70-54)67-18-25-74-26-28-75(29-27-74)30-32-85-40-57(82)68-19-31-86-47-12-7-11-45(33-47)59(83)50-41-87-60(71-50)51-13-8-20-79(51)61(84)58(72-55(80)37-66-3)44-9-5-4-6-10-44/h7,11-12,33-36,41,43-44,51,58,66H,4-6,8-10,13-32,37-40,42H2,1-3H3,(H,68,82)(H,72,80)(H,73,81)(H,67,69,70)/t51-,58-/m0/s1. The number of hydrogen-bond donors (Lipinski definition) is 5. The van der Waals surface area contributed by atoms with E-state index in [0.717, 1.165) is 115 Å². The van der Waals surface area contributed by atoms with E-state index < -0.39 is 23.2 Å². The average Bonchev–Trinajstić information content (AvgIpc) is 1.94. The molecule has 0 radical (unpaired) electrons. The highest BCUT2D eigenvalue weighted by atomic mass is 32.1. The normalized spacial score (nSPS) is 20.7. The third-order valence-electron chi connectivity index (χ3n) is 18.4. The molecule has 4 amide bonds. The number of piperazine rings is 2. The summed E-state index contributed by atoms with van der Waals surface area (Å²) in [5.41, 5.74) is 0.891. The number of amides is 4. The number of rotatable bonds is 25. The SMILES string of the molecule is CNCC(=O)N[C@H](C(=O)N1CCC[C@H]1c1nc(C(=O)c2cccc(OCCNC(=O)COCCN3CCN(CCNc4cc(N5CCC6(CC5)CN(c5cc(F)c(CN7CCC(C)(C)CC7)cc5F)CC(=O)N6)ncn4)CC3)c2)cs1)C1CCCCC1. The van der Waals surface area contributed by atoms with E-state index in [1.165, 1.54) is 23.5 Å². The van der Waals surface area contributed by atoms with Crippen LogP contribution in [0.1, 0.15) is 117 Å². The van der Waals surface area contributed by atoms with Gasteiger partial charge in [-0.25, -0.2) is 23.7 Å². The number of anilines is 3. The lowest BCUT2D eigenvalue weighted by Gasteiger charge is -2.48. The Morgan fingerprint density at radius 3 is 2.34 bits per heavy atom. The van der Waals surface area contributed by atoms with Crippen molar-refractivity contribution in [3.63, 3.8) is 0 Å². The maximum absolute atomic E-state index is 15.7. The van der Waals surface area contributed by atoms with Crippen molar-refractivity contribution in [2.24, 2.45) is 11.3 Å². The van der Waals surface area contributed by atoms with Crippen molar-refractivity contribution >= 4 is 58.1 Å². The van der Waals surface area contributed by atoms with Crippen LogP contribution in [0.4, 0.5) is 26.1 Å². The van der Waals surface area contributed by atoms with Gasteiger partial charge in [-0.2, -0.15) is 0 Å². The van der Waals surface area contributed by atoms with Crippen molar-refractivity contribution in [2.75, 3.05) is 147 Å². The molecule has 5 aliphatic heterocycles. The summed E-state index contributed by atoms with van der Waals surface area (Å²) in [7, 11) is 1.71. The zero-order valence-electron chi connectivity index (χ0n) is 50.9. The number of thiazole rings is 1. The van der Waals surface area contributed by atoms with E-state index in [0.29, 0.717) is 92.8 Å². The van der Waals surface area contributed by atoms with E-state index in [1.54, 1.807) is 47.9 Å². The van der Waals surface area contributed by atoms with Crippen molar-refractivity contribution in [1.29, 1.82) is 0 Å². The smallest absolute Gasteiger partial charge is 0.246 e. The minimum absolute atomic E-state index is 0.0283. The zero-order chi connectivity index (χ0) is 60.9. The lowest BCUT2D eigenvalue weighted by atomic mass is 9.82. The van der Waals surface area contributed by atoms with Crippen molar-refractivity contribution < 1.29 is 42.2 Å². The van der Waals surface area contributed by atoms with Crippen LogP contribution in [0.2, 0.25) is 0 Å². The molecule has 1 aliphatic carbocycles. The zero-order valence-corrected chi connectivity index (χ0v) is 51.7. The fraction of sp³-hybridized carbons (Fsp3) is 0.619. The lowest BCUT2D eigenvalue weighted by Crippen LogP contribution is -2.66. The number of piperidine rings is 2. The van der Waals surface area contributed by atoms with Crippen LogP contribution in [0.5, 0.6) is 5.75 Å². The molecular weight excluding hydrogens is 1130 g/mol. The molecule has 7 heterocycles. The highest BCUT2D eigenvalue weighted by Crippen LogP contribution is 2.38. The van der Waals surface area contributed by atoms with Crippen LogP contribution in [0.3, 0.4) is 0 Å². The first-order valence-corrected chi connectivity index (χ1v) is 32.3. The van der Waals surface area contributed by atoms with Gasteiger partial charge in [-0.15, -0.1) is 11.3 Å². The van der Waals surface area contributed by atoms with Gasteiger partial charge in [0.05, 0.1) is 43.5 Å². The molecule has 10 rings (SSSR count). The molecule has 6 fully saturated rings. The second-order valence-corrected chi connectivity index (χ2v) is 26.1. The molecule has 472 valence electrons. The van der Waals surface area contributed by atoms with E-state index in [9.17, 15) is 24.0 Å². The first kappa shape index (κ1) is 63.6. The highest BCUT2D eigenvalue weighted by molar-refractivity contribution is 7.10. The number of carbonyl (C=O) groups is 5. The minimum atomic E-state index is -0.582. The maximum Gasteiger partial charge on any atom is 0.246 e. The van der Waals surface area contributed by atoms with E-state index in [-0.39, 0.29) is 85.3 Å². The van der Waals surface area contributed by atoms with Gasteiger partial charge >= 0.3 is 0 Å². The summed E-state index contributed by atoms with van der Waals surface area (Å²) >= 11 is 1.38. The lowest BCUT2D eigenvalue weighted by molar-refractivity contribution is -0.139. The summed E-state index contributed by atoms with van der Waals surface area (Å²) in [6.07, 6.45) is 11.4. The van der Waals surface area contributed by atoms with E-state index >= 15 is 8.78 Å². The average molecular weight is 1220 g/mol. The topological polar surface area (TPSA) is 222 Å². The van der Waals surface area contributed by atoms with Crippen molar-refractivity contribution in [2.45, 2.75) is 109 Å². The summed E-state index contributed by atoms with van der Waals surface area (Å²) in [6, 6.07) is 10.6. The van der Waals surface area contributed by atoms with Crippen LogP contribution >= 0.6 is 11.3 Å². The Labute approximate surface area is 514 Å².